The molecule has 0 aliphatic rings. The lowest BCUT2D eigenvalue weighted by atomic mass is 10.1. The molecule has 4 rings (SSSR count). The summed E-state index contributed by atoms with van der Waals surface area (Å²) in [5.74, 6) is 0.169. The molecule has 0 saturated heterocycles. The molecule has 1 amide bonds. The van der Waals surface area contributed by atoms with Gasteiger partial charge in [-0.2, -0.15) is 0 Å². The Balaban J connectivity index is 1.43. The second-order valence-corrected chi connectivity index (χ2v) is 7.32. The first-order valence-electron chi connectivity index (χ1n) is 9.22. The number of hydrogen-bond acceptors (Lipinski definition) is 3. The molecule has 0 aromatic heterocycles. The van der Waals surface area contributed by atoms with Crippen LogP contribution >= 0.6 is 23.8 Å². The van der Waals surface area contributed by atoms with Gasteiger partial charge in [-0.05, 0) is 65.5 Å². The van der Waals surface area contributed by atoms with E-state index < -0.39 is 0 Å². The zero-order valence-electron chi connectivity index (χ0n) is 15.8. The predicted molar refractivity (Wildman–Crippen MR) is 127 cm³/mol. The van der Waals surface area contributed by atoms with Crippen LogP contribution in [0.15, 0.2) is 91.0 Å². The summed E-state index contributed by atoms with van der Waals surface area (Å²) in [6, 6.07) is 27.9. The summed E-state index contributed by atoms with van der Waals surface area (Å²) in [6.07, 6.45) is 0. The molecule has 0 spiro atoms. The van der Waals surface area contributed by atoms with E-state index >= 15 is 0 Å². The Hall–Kier alpha value is -3.41. The van der Waals surface area contributed by atoms with Crippen LogP contribution in [0, 0.1) is 0 Å². The van der Waals surface area contributed by atoms with E-state index in [0.717, 1.165) is 16.5 Å². The highest BCUT2D eigenvalue weighted by molar-refractivity contribution is 7.80. The topological polar surface area (TPSA) is 50.4 Å². The molecule has 0 aliphatic carbocycles. The predicted octanol–water partition coefficient (Wildman–Crippen LogP) is 6.52. The van der Waals surface area contributed by atoms with Crippen molar-refractivity contribution >= 4 is 57.0 Å². The number of anilines is 2. The number of carbonyl (C=O) groups is 1. The Bertz CT molecular complexity index is 1240. The van der Waals surface area contributed by atoms with Crippen LogP contribution in [0.4, 0.5) is 11.4 Å². The average Bonchev–Trinajstić information content (AvgIpc) is 2.75. The van der Waals surface area contributed by atoms with Crippen LogP contribution in [-0.4, -0.2) is 11.1 Å². The third-order valence-corrected chi connectivity index (χ3v) is 4.94. The van der Waals surface area contributed by atoms with Gasteiger partial charge in [0.15, 0.2) is 0 Å². The highest BCUT2D eigenvalue weighted by atomic mass is 35.5. The van der Waals surface area contributed by atoms with Gasteiger partial charge in [0.25, 0.3) is 11.1 Å². The van der Waals surface area contributed by atoms with Gasteiger partial charge in [-0.3, -0.25) is 4.79 Å². The van der Waals surface area contributed by atoms with E-state index in [1.807, 2.05) is 42.5 Å². The molecule has 148 valence electrons. The van der Waals surface area contributed by atoms with Crippen LogP contribution < -0.4 is 15.4 Å². The monoisotopic (exact) mass is 432 g/mol. The van der Waals surface area contributed by atoms with Gasteiger partial charge in [0.05, 0.1) is 10.7 Å². The number of hydrogen-bond donors (Lipinski definition) is 2. The maximum atomic E-state index is 12.5. The summed E-state index contributed by atoms with van der Waals surface area (Å²) in [4.78, 5) is 12.5. The highest BCUT2D eigenvalue weighted by Gasteiger charge is 2.10. The van der Waals surface area contributed by atoms with Crippen molar-refractivity contribution in [1.82, 2.24) is 0 Å². The fourth-order valence-corrected chi connectivity index (χ4v) is 3.37. The minimum absolute atomic E-state index is 0.189. The summed E-state index contributed by atoms with van der Waals surface area (Å²) in [6.45, 7) is 0. The van der Waals surface area contributed by atoms with Crippen LogP contribution in [0.3, 0.4) is 0 Å². The molecule has 0 heterocycles. The van der Waals surface area contributed by atoms with Gasteiger partial charge < -0.3 is 15.4 Å². The number of halogens is 1. The van der Waals surface area contributed by atoms with Crippen molar-refractivity contribution in [2.75, 3.05) is 10.6 Å². The van der Waals surface area contributed by atoms with E-state index in [4.69, 9.17) is 28.6 Å². The third-order valence-electron chi connectivity index (χ3n) is 4.42. The molecule has 2 N–H and O–H groups in total. The summed E-state index contributed by atoms with van der Waals surface area (Å²) >= 11 is 11.4. The molecule has 4 aromatic rings. The van der Waals surface area contributed by atoms with Gasteiger partial charge in [0.2, 0.25) is 0 Å². The van der Waals surface area contributed by atoms with E-state index in [1.165, 1.54) is 0 Å². The number of carbonyl (C=O) groups excluding carboxylic acids is 1. The van der Waals surface area contributed by atoms with Crippen LogP contribution in [0.2, 0.25) is 5.02 Å². The number of para-hydroxylation sites is 1. The molecular formula is C24H17ClN2O2S. The Morgan fingerprint density at radius 3 is 2.40 bits per heavy atom. The Morgan fingerprint density at radius 1 is 0.800 bits per heavy atom. The molecule has 0 unspecified atom stereocenters. The zero-order valence-corrected chi connectivity index (χ0v) is 17.3. The smallest absolute Gasteiger partial charge is 0.266 e. The van der Waals surface area contributed by atoms with Gasteiger partial charge in [0.1, 0.15) is 5.75 Å². The van der Waals surface area contributed by atoms with Crippen LogP contribution in [0.25, 0.3) is 10.8 Å². The normalized spacial score (nSPS) is 10.4. The lowest BCUT2D eigenvalue weighted by Gasteiger charge is -2.11. The first kappa shape index (κ1) is 19.9. The number of fused-ring (bicyclic) bond motifs is 1. The summed E-state index contributed by atoms with van der Waals surface area (Å²) < 4.78 is 5.71. The Labute approximate surface area is 184 Å². The number of thiocarbonyl (C=S) groups is 1. The van der Waals surface area contributed by atoms with E-state index in [1.54, 1.807) is 48.5 Å². The lowest BCUT2D eigenvalue weighted by Crippen LogP contribution is -2.17. The van der Waals surface area contributed by atoms with Gasteiger partial charge in [-0.1, -0.05) is 60.1 Å². The zero-order chi connectivity index (χ0) is 20.9. The fourth-order valence-electron chi connectivity index (χ4n) is 2.98. The van der Waals surface area contributed by atoms with Crippen molar-refractivity contribution in [2.45, 2.75) is 0 Å². The standard InChI is InChI=1S/C24H17ClN2O2S/c25-21-10-3-4-11-22(21)27-23(28)18-8-5-9-20(15-18)29-24(30)26-19-13-12-16-6-1-2-7-17(16)14-19/h1-15H,(H,26,30)(H,27,28). The Kier molecular flexibility index (Phi) is 5.93. The molecule has 0 radical (unpaired) electrons. The van der Waals surface area contributed by atoms with E-state index in [0.29, 0.717) is 22.0 Å². The quantitative estimate of drug-likeness (QED) is 0.360. The lowest BCUT2D eigenvalue weighted by molar-refractivity contribution is 0.102. The summed E-state index contributed by atoms with van der Waals surface area (Å²) in [5.41, 5.74) is 1.80. The number of amides is 1. The number of nitrogens with one attached hydrogen (secondary N) is 2. The molecule has 0 bridgehead atoms. The first-order valence-corrected chi connectivity index (χ1v) is 10.0. The molecule has 0 fully saturated rings. The van der Waals surface area contributed by atoms with Crippen molar-refractivity contribution in [3.63, 3.8) is 0 Å². The number of rotatable bonds is 4. The van der Waals surface area contributed by atoms with E-state index in [9.17, 15) is 4.79 Å². The number of benzene rings is 4. The maximum Gasteiger partial charge on any atom is 0.266 e. The molecule has 4 aromatic carbocycles. The van der Waals surface area contributed by atoms with E-state index in [-0.39, 0.29) is 11.1 Å². The van der Waals surface area contributed by atoms with Crippen molar-refractivity contribution in [1.29, 1.82) is 0 Å². The van der Waals surface area contributed by atoms with Gasteiger partial charge in [-0.15, -0.1) is 0 Å². The molecule has 0 atom stereocenters. The fraction of sp³-hybridized carbons (Fsp3) is 0. The van der Waals surface area contributed by atoms with Crippen LogP contribution in [0.1, 0.15) is 10.4 Å². The highest BCUT2D eigenvalue weighted by Crippen LogP contribution is 2.23. The molecule has 4 nitrogen and oxygen atoms in total. The van der Waals surface area contributed by atoms with Gasteiger partial charge in [0, 0.05) is 11.3 Å². The van der Waals surface area contributed by atoms with E-state index in [2.05, 4.69) is 10.6 Å². The van der Waals surface area contributed by atoms with Gasteiger partial charge >= 0.3 is 0 Å². The summed E-state index contributed by atoms with van der Waals surface area (Å²) in [5, 5.41) is 8.76. The van der Waals surface area contributed by atoms with Crippen molar-refractivity contribution in [3.05, 3.63) is 102 Å². The average molecular weight is 433 g/mol. The molecule has 0 saturated carbocycles. The maximum absolute atomic E-state index is 12.5. The second-order valence-electron chi connectivity index (χ2n) is 6.54. The molecule has 0 aliphatic heterocycles. The minimum atomic E-state index is -0.290. The summed E-state index contributed by atoms with van der Waals surface area (Å²) in [7, 11) is 0. The van der Waals surface area contributed by atoms with Gasteiger partial charge in [-0.25, -0.2) is 0 Å². The van der Waals surface area contributed by atoms with Crippen molar-refractivity contribution in [3.8, 4) is 5.75 Å². The molecule has 6 heteroatoms. The second kappa shape index (κ2) is 8.95. The largest absolute Gasteiger partial charge is 0.432 e. The van der Waals surface area contributed by atoms with Crippen LogP contribution in [0.5, 0.6) is 5.75 Å². The SMILES string of the molecule is O=C(Nc1ccccc1Cl)c1cccc(OC(=S)Nc2ccc3ccccc3c2)c1. The van der Waals surface area contributed by atoms with Crippen LogP contribution in [-0.2, 0) is 0 Å². The third kappa shape index (κ3) is 4.76. The molecule has 30 heavy (non-hydrogen) atoms. The number of ether oxygens (including phenoxy) is 1. The Morgan fingerprint density at radius 2 is 1.57 bits per heavy atom. The van der Waals surface area contributed by atoms with Crippen molar-refractivity contribution < 1.29 is 9.53 Å². The first-order chi connectivity index (χ1) is 14.6. The van der Waals surface area contributed by atoms with Crippen molar-refractivity contribution in [2.24, 2.45) is 0 Å². The minimum Gasteiger partial charge on any atom is -0.432 e. The molecular weight excluding hydrogens is 416 g/mol.